The molecule has 0 aliphatic carbocycles. The SMILES string of the molecule is OCCC#Cc1cccc(OCCN2CCC(O)C2)c1. The van der Waals surface area contributed by atoms with Crippen molar-refractivity contribution >= 4 is 0 Å². The van der Waals surface area contributed by atoms with Crippen LogP contribution in [0.5, 0.6) is 5.75 Å². The number of hydrogen-bond donors (Lipinski definition) is 2. The van der Waals surface area contributed by atoms with E-state index in [2.05, 4.69) is 16.7 Å². The average Bonchev–Trinajstić information content (AvgIpc) is 2.85. The third kappa shape index (κ3) is 4.86. The number of likely N-dealkylation sites (tertiary alicyclic amines) is 1. The van der Waals surface area contributed by atoms with Crippen molar-refractivity contribution in [3.05, 3.63) is 29.8 Å². The van der Waals surface area contributed by atoms with Crippen LogP contribution in [0.1, 0.15) is 18.4 Å². The lowest BCUT2D eigenvalue weighted by atomic mass is 10.2. The minimum absolute atomic E-state index is 0.0882. The van der Waals surface area contributed by atoms with Crippen LogP contribution in [-0.2, 0) is 0 Å². The second-order valence-corrected chi connectivity index (χ2v) is 4.89. The van der Waals surface area contributed by atoms with Crippen molar-refractivity contribution in [3.8, 4) is 17.6 Å². The molecule has 0 bridgehead atoms. The fraction of sp³-hybridized carbons (Fsp3) is 0.500. The van der Waals surface area contributed by atoms with E-state index < -0.39 is 0 Å². The Bertz CT molecular complexity index is 478. The maximum Gasteiger partial charge on any atom is 0.120 e. The van der Waals surface area contributed by atoms with E-state index in [0.717, 1.165) is 37.4 Å². The van der Waals surface area contributed by atoms with Gasteiger partial charge in [-0.05, 0) is 24.6 Å². The average molecular weight is 275 g/mol. The first-order chi connectivity index (χ1) is 9.78. The van der Waals surface area contributed by atoms with Gasteiger partial charge < -0.3 is 14.9 Å². The molecule has 1 saturated heterocycles. The van der Waals surface area contributed by atoms with Crippen LogP contribution in [0.3, 0.4) is 0 Å². The molecule has 0 saturated carbocycles. The van der Waals surface area contributed by atoms with Crippen molar-refractivity contribution in [3.63, 3.8) is 0 Å². The molecule has 4 heteroatoms. The van der Waals surface area contributed by atoms with Crippen molar-refractivity contribution in [2.75, 3.05) is 32.8 Å². The van der Waals surface area contributed by atoms with Gasteiger partial charge in [-0.1, -0.05) is 17.9 Å². The molecular weight excluding hydrogens is 254 g/mol. The molecule has 0 amide bonds. The molecule has 1 aliphatic heterocycles. The Balaban J connectivity index is 1.78. The van der Waals surface area contributed by atoms with E-state index >= 15 is 0 Å². The molecule has 20 heavy (non-hydrogen) atoms. The highest BCUT2D eigenvalue weighted by Gasteiger charge is 2.19. The van der Waals surface area contributed by atoms with E-state index in [1.54, 1.807) is 0 Å². The number of β-amino-alcohol motifs (C(OH)–C–C–N with tert-alkyl or cyclic N) is 1. The number of aliphatic hydroxyl groups is 2. The first-order valence-corrected chi connectivity index (χ1v) is 7.01. The topological polar surface area (TPSA) is 52.9 Å². The van der Waals surface area contributed by atoms with Crippen molar-refractivity contribution in [2.45, 2.75) is 18.9 Å². The Hall–Kier alpha value is -1.54. The van der Waals surface area contributed by atoms with E-state index in [0.29, 0.717) is 13.0 Å². The third-order valence-corrected chi connectivity index (χ3v) is 3.23. The standard InChI is InChI=1S/C16H21NO3/c18-10-2-1-4-14-5-3-6-16(12-14)20-11-9-17-8-7-15(19)13-17/h3,5-6,12,15,18-19H,2,7-11,13H2. The summed E-state index contributed by atoms with van der Waals surface area (Å²) < 4.78 is 5.71. The quantitative estimate of drug-likeness (QED) is 0.783. The van der Waals surface area contributed by atoms with Gasteiger partial charge in [0.1, 0.15) is 12.4 Å². The van der Waals surface area contributed by atoms with E-state index in [4.69, 9.17) is 9.84 Å². The van der Waals surface area contributed by atoms with Gasteiger partial charge in [0.2, 0.25) is 0 Å². The zero-order valence-corrected chi connectivity index (χ0v) is 11.6. The van der Waals surface area contributed by atoms with E-state index in [-0.39, 0.29) is 12.7 Å². The molecule has 0 aromatic heterocycles. The summed E-state index contributed by atoms with van der Waals surface area (Å²) in [6.45, 7) is 3.22. The zero-order chi connectivity index (χ0) is 14.2. The van der Waals surface area contributed by atoms with Crippen molar-refractivity contribution in [1.82, 2.24) is 4.90 Å². The van der Waals surface area contributed by atoms with Gasteiger partial charge in [-0.15, -0.1) is 0 Å². The monoisotopic (exact) mass is 275 g/mol. The van der Waals surface area contributed by atoms with Crippen molar-refractivity contribution < 1.29 is 14.9 Å². The minimum Gasteiger partial charge on any atom is -0.492 e. The molecule has 1 unspecified atom stereocenters. The van der Waals surface area contributed by atoms with Gasteiger partial charge in [-0.3, -0.25) is 4.90 Å². The lowest BCUT2D eigenvalue weighted by Gasteiger charge is -2.15. The van der Waals surface area contributed by atoms with Crippen molar-refractivity contribution in [2.24, 2.45) is 0 Å². The molecule has 1 aliphatic rings. The van der Waals surface area contributed by atoms with Gasteiger partial charge in [-0.25, -0.2) is 0 Å². The van der Waals surface area contributed by atoms with Crippen LogP contribution in [0.4, 0.5) is 0 Å². The highest BCUT2D eigenvalue weighted by Crippen LogP contribution is 2.13. The Morgan fingerprint density at radius 1 is 1.40 bits per heavy atom. The number of ether oxygens (including phenoxy) is 1. The Morgan fingerprint density at radius 2 is 2.30 bits per heavy atom. The maximum absolute atomic E-state index is 9.44. The molecule has 0 radical (unpaired) electrons. The Morgan fingerprint density at radius 3 is 3.05 bits per heavy atom. The summed E-state index contributed by atoms with van der Waals surface area (Å²) in [5.41, 5.74) is 0.896. The van der Waals surface area contributed by atoms with Gasteiger partial charge in [0, 0.05) is 31.6 Å². The second kappa shape index (κ2) is 7.91. The van der Waals surface area contributed by atoms with Gasteiger partial charge in [0.25, 0.3) is 0 Å². The lowest BCUT2D eigenvalue weighted by Crippen LogP contribution is -2.27. The van der Waals surface area contributed by atoms with Crippen molar-refractivity contribution in [1.29, 1.82) is 0 Å². The predicted octanol–water partition coefficient (Wildman–Crippen LogP) is 0.866. The molecule has 1 aromatic carbocycles. The number of nitrogens with zero attached hydrogens (tertiary/aromatic N) is 1. The smallest absolute Gasteiger partial charge is 0.120 e. The number of benzene rings is 1. The van der Waals surface area contributed by atoms with Crippen LogP contribution in [0, 0.1) is 11.8 Å². The molecule has 2 N–H and O–H groups in total. The van der Waals surface area contributed by atoms with Gasteiger partial charge in [-0.2, -0.15) is 0 Å². The normalized spacial score (nSPS) is 18.6. The summed E-state index contributed by atoms with van der Waals surface area (Å²) >= 11 is 0. The van der Waals surface area contributed by atoms with Crippen LogP contribution >= 0.6 is 0 Å². The van der Waals surface area contributed by atoms with Crippen LogP contribution in [0.15, 0.2) is 24.3 Å². The molecule has 4 nitrogen and oxygen atoms in total. The van der Waals surface area contributed by atoms with Crippen LogP contribution in [0.25, 0.3) is 0 Å². The molecule has 1 aromatic rings. The molecule has 0 spiro atoms. The summed E-state index contributed by atoms with van der Waals surface area (Å²) in [6, 6.07) is 7.66. The molecule has 1 heterocycles. The lowest BCUT2D eigenvalue weighted by molar-refractivity contribution is 0.167. The highest BCUT2D eigenvalue weighted by molar-refractivity contribution is 5.39. The number of aliphatic hydroxyl groups excluding tert-OH is 2. The fourth-order valence-electron chi connectivity index (χ4n) is 2.19. The van der Waals surface area contributed by atoms with Gasteiger partial charge in [0.15, 0.2) is 0 Å². The highest BCUT2D eigenvalue weighted by atomic mass is 16.5. The number of hydrogen-bond acceptors (Lipinski definition) is 4. The molecular formula is C16H21NO3. The second-order valence-electron chi connectivity index (χ2n) is 4.89. The molecule has 1 atom stereocenters. The van der Waals surface area contributed by atoms with Gasteiger partial charge >= 0.3 is 0 Å². The molecule has 2 rings (SSSR count). The summed E-state index contributed by atoms with van der Waals surface area (Å²) in [7, 11) is 0. The van der Waals surface area contributed by atoms with E-state index in [1.807, 2.05) is 24.3 Å². The van der Waals surface area contributed by atoms with Crippen LogP contribution < -0.4 is 4.74 Å². The van der Waals surface area contributed by atoms with Crippen LogP contribution in [0.2, 0.25) is 0 Å². The largest absolute Gasteiger partial charge is 0.492 e. The first-order valence-electron chi connectivity index (χ1n) is 7.01. The zero-order valence-electron chi connectivity index (χ0n) is 11.6. The summed E-state index contributed by atoms with van der Waals surface area (Å²) in [4.78, 5) is 2.20. The summed E-state index contributed by atoms with van der Waals surface area (Å²) in [6.07, 6.45) is 1.17. The maximum atomic E-state index is 9.44. The van der Waals surface area contributed by atoms with Crippen LogP contribution in [-0.4, -0.2) is 54.1 Å². The minimum atomic E-state index is -0.180. The Kier molecular flexibility index (Phi) is 5.87. The van der Waals surface area contributed by atoms with E-state index in [9.17, 15) is 5.11 Å². The molecule has 108 valence electrons. The number of rotatable bonds is 5. The fourth-order valence-corrected chi connectivity index (χ4v) is 2.19. The molecule has 1 fully saturated rings. The van der Waals surface area contributed by atoms with E-state index in [1.165, 1.54) is 0 Å². The third-order valence-electron chi connectivity index (χ3n) is 3.23. The summed E-state index contributed by atoms with van der Waals surface area (Å²) in [5, 5.41) is 18.1. The Labute approximate surface area is 120 Å². The van der Waals surface area contributed by atoms with Gasteiger partial charge in [0.05, 0.1) is 12.7 Å². The summed E-state index contributed by atoms with van der Waals surface area (Å²) in [5.74, 6) is 6.69. The first kappa shape index (κ1) is 14.9. The predicted molar refractivity (Wildman–Crippen MR) is 77.6 cm³/mol.